The smallest absolute Gasteiger partial charge is 0.148 e. The number of hydrogen-bond acceptors (Lipinski definition) is 6. The summed E-state index contributed by atoms with van der Waals surface area (Å²) in [6.45, 7) is 9.57. The molecular weight excluding hydrogens is 398 g/mol. The molecule has 3 atom stereocenters. The number of sulfone groups is 1. The van der Waals surface area contributed by atoms with Gasteiger partial charge in [-0.15, -0.1) is 0 Å². The monoisotopic (exact) mass is 435 g/mol. The lowest BCUT2D eigenvalue weighted by atomic mass is 9.73. The molecule has 0 aromatic heterocycles. The lowest BCUT2D eigenvalue weighted by molar-refractivity contribution is 0.0550. The first-order valence-corrected chi connectivity index (χ1v) is 13.7. The maximum atomic E-state index is 11.7. The summed E-state index contributed by atoms with van der Waals surface area (Å²) in [7, 11) is -2.95. The summed E-state index contributed by atoms with van der Waals surface area (Å²) in [6, 6.07) is 0. The molecule has 0 saturated heterocycles. The molecule has 0 aromatic carbocycles. The Balaban J connectivity index is 1.58. The summed E-state index contributed by atoms with van der Waals surface area (Å²) in [6.07, 6.45) is 11.2. The van der Waals surface area contributed by atoms with E-state index in [0.29, 0.717) is 25.1 Å². The number of ether oxygens (including phenoxy) is 1. The number of aliphatic imine (C=N–C) groups is 1. The Morgan fingerprint density at radius 2 is 2.17 bits per heavy atom. The van der Waals surface area contributed by atoms with E-state index in [1.807, 2.05) is 6.20 Å². The van der Waals surface area contributed by atoms with Gasteiger partial charge in [0.05, 0.1) is 11.5 Å². The summed E-state index contributed by atoms with van der Waals surface area (Å²) >= 11 is 0. The van der Waals surface area contributed by atoms with Gasteiger partial charge in [0, 0.05) is 44.6 Å². The van der Waals surface area contributed by atoms with Crippen LogP contribution >= 0.6 is 0 Å². The van der Waals surface area contributed by atoms with E-state index in [2.05, 4.69) is 29.7 Å². The predicted molar refractivity (Wildman–Crippen MR) is 121 cm³/mol. The second-order valence-electron chi connectivity index (χ2n) is 9.55. The van der Waals surface area contributed by atoms with Crippen LogP contribution in [0.15, 0.2) is 28.6 Å². The fraction of sp³-hybridized carbons (Fsp3) is 0.783. The van der Waals surface area contributed by atoms with Crippen LogP contribution in [0, 0.1) is 17.3 Å². The molecule has 7 heteroatoms. The van der Waals surface area contributed by atoms with Crippen LogP contribution in [-0.4, -0.2) is 75.4 Å². The molecule has 168 valence electrons. The molecule has 1 fully saturated rings. The number of nitrogens with zero attached hydrogens (tertiary/aromatic N) is 3. The molecular formula is C23H37N3O3S. The Labute approximate surface area is 182 Å². The lowest BCUT2D eigenvalue weighted by Crippen LogP contribution is -2.46. The number of rotatable bonds is 9. The van der Waals surface area contributed by atoms with Crippen LogP contribution in [0.4, 0.5) is 0 Å². The van der Waals surface area contributed by atoms with Gasteiger partial charge in [0.2, 0.25) is 0 Å². The molecule has 0 bridgehead atoms. The van der Waals surface area contributed by atoms with Crippen molar-refractivity contribution in [2.75, 3.05) is 51.5 Å². The van der Waals surface area contributed by atoms with E-state index >= 15 is 0 Å². The molecule has 0 spiro atoms. The molecule has 2 aliphatic carbocycles. The zero-order chi connectivity index (χ0) is 21.4. The Hall–Kier alpha value is -1.18. The molecule has 0 N–H and O–H groups in total. The van der Waals surface area contributed by atoms with Gasteiger partial charge in [0.1, 0.15) is 22.3 Å². The van der Waals surface area contributed by atoms with Gasteiger partial charge in [-0.3, -0.25) is 9.89 Å². The summed E-state index contributed by atoms with van der Waals surface area (Å²) in [4.78, 5) is 9.66. The first-order chi connectivity index (χ1) is 14.4. The number of hydrogen-bond donors (Lipinski definition) is 0. The van der Waals surface area contributed by atoms with Gasteiger partial charge < -0.3 is 9.64 Å². The van der Waals surface area contributed by atoms with Gasteiger partial charge in [-0.2, -0.15) is 0 Å². The molecule has 30 heavy (non-hydrogen) atoms. The highest BCUT2D eigenvalue weighted by atomic mass is 32.2. The topological polar surface area (TPSA) is 62.2 Å². The fourth-order valence-corrected chi connectivity index (χ4v) is 6.22. The highest BCUT2D eigenvalue weighted by molar-refractivity contribution is 7.90. The van der Waals surface area contributed by atoms with Crippen LogP contribution in [0.25, 0.3) is 0 Å². The minimum absolute atomic E-state index is 0.189. The van der Waals surface area contributed by atoms with Crippen LogP contribution in [0.1, 0.15) is 46.0 Å². The van der Waals surface area contributed by atoms with Gasteiger partial charge in [0.25, 0.3) is 0 Å². The quantitative estimate of drug-likeness (QED) is 0.557. The first kappa shape index (κ1) is 22.0. The van der Waals surface area contributed by atoms with Crippen molar-refractivity contribution in [1.82, 2.24) is 9.80 Å². The molecule has 0 amide bonds. The van der Waals surface area contributed by atoms with E-state index in [0.717, 1.165) is 50.5 Å². The van der Waals surface area contributed by atoms with Crippen LogP contribution < -0.4 is 0 Å². The van der Waals surface area contributed by atoms with Crippen molar-refractivity contribution < 1.29 is 13.2 Å². The second kappa shape index (κ2) is 8.75. The van der Waals surface area contributed by atoms with Crippen molar-refractivity contribution in [3.05, 3.63) is 23.6 Å². The van der Waals surface area contributed by atoms with Gasteiger partial charge in [-0.1, -0.05) is 26.3 Å². The third-order valence-electron chi connectivity index (χ3n) is 7.38. The van der Waals surface area contributed by atoms with Crippen molar-refractivity contribution in [1.29, 1.82) is 0 Å². The minimum atomic E-state index is -2.95. The molecule has 0 aromatic rings. The second-order valence-corrected chi connectivity index (χ2v) is 11.8. The first-order valence-electron chi connectivity index (χ1n) is 11.6. The van der Waals surface area contributed by atoms with E-state index in [9.17, 15) is 8.42 Å². The minimum Gasteiger partial charge on any atom is -0.476 e. The van der Waals surface area contributed by atoms with E-state index < -0.39 is 9.84 Å². The average molecular weight is 436 g/mol. The highest BCUT2D eigenvalue weighted by Gasteiger charge is 2.65. The third-order valence-corrected chi connectivity index (χ3v) is 8.31. The molecule has 0 radical (unpaired) electrons. The van der Waals surface area contributed by atoms with Crippen molar-refractivity contribution in [2.24, 2.45) is 22.2 Å². The fourth-order valence-electron chi connectivity index (χ4n) is 5.63. The number of fused-ring (bicyclic) bond motifs is 5. The summed E-state index contributed by atoms with van der Waals surface area (Å²) < 4.78 is 29.8. The van der Waals surface area contributed by atoms with E-state index in [1.54, 1.807) is 0 Å². The van der Waals surface area contributed by atoms with Crippen molar-refractivity contribution >= 4 is 15.5 Å². The summed E-state index contributed by atoms with van der Waals surface area (Å²) in [5, 5.41) is 0. The standard InChI is InChI=1S/C23H37N3O3S/c1-4-6-11-26-15-18-20-14-23(20,16-25(5-2)12-13-30(3,27)28)19-9-7-8-10-24-21(19)22(18)29-17-26/h8,10,19-20H,4-7,9,11-17H2,1-3H3. The third kappa shape index (κ3) is 4.39. The maximum Gasteiger partial charge on any atom is 0.148 e. The van der Waals surface area contributed by atoms with Gasteiger partial charge in [-0.05, 0) is 49.1 Å². The predicted octanol–water partition coefficient (Wildman–Crippen LogP) is 3.08. The van der Waals surface area contributed by atoms with Crippen molar-refractivity contribution in [2.45, 2.75) is 46.0 Å². The zero-order valence-corrected chi connectivity index (χ0v) is 19.6. The average Bonchev–Trinajstić information content (AvgIpc) is 3.48. The molecule has 4 rings (SSSR count). The molecule has 4 aliphatic rings. The van der Waals surface area contributed by atoms with E-state index in [1.165, 1.54) is 31.1 Å². The Morgan fingerprint density at radius 1 is 1.33 bits per heavy atom. The zero-order valence-electron chi connectivity index (χ0n) is 18.8. The van der Waals surface area contributed by atoms with Crippen LogP contribution in [0.2, 0.25) is 0 Å². The van der Waals surface area contributed by atoms with Gasteiger partial charge >= 0.3 is 0 Å². The largest absolute Gasteiger partial charge is 0.476 e. The van der Waals surface area contributed by atoms with Gasteiger partial charge in [-0.25, -0.2) is 8.42 Å². The molecule has 3 unspecified atom stereocenters. The SMILES string of the molecule is CCCCN1COC2=C(C1)C1CC1(CN(CC)CCS(C)(=O)=O)C1CCC=CN=C21. The van der Waals surface area contributed by atoms with Crippen LogP contribution in [0.5, 0.6) is 0 Å². The Bertz CT molecular complexity index is 848. The highest BCUT2D eigenvalue weighted by Crippen LogP contribution is 2.67. The maximum absolute atomic E-state index is 11.7. The van der Waals surface area contributed by atoms with Crippen molar-refractivity contribution in [3.8, 4) is 0 Å². The van der Waals surface area contributed by atoms with E-state index in [4.69, 9.17) is 9.73 Å². The number of allylic oxidation sites excluding steroid dienone is 2. The number of unbranched alkanes of at least 4 members (excludes halogenated alkanes) is 1. The van der Waals surface area contributed by atoms with Crippen molar-refractivity contribution in [3.63, 3.8) is 0 Å². The van der Waals surface area contributed by atoms with Gasteiger partial charge in [0.15, 0.2) is 0 Å². The lowest BCUT2D eigenvalue weighted by Gasteiger charge is -2.41. The van der Waals surface area contributed by atoms with E-state index in [-0.39, 0.29) is 11.2 Å². The van der Waals surface area contributed by atoms with Crippen LogP contribution in [-0.2, 0) is 14.6 Å². The summed E-state index contributed by atoms with van der Waals surface area (Å²) in [5.74, 6) is 2.27. The molecule has 1 saturated carbocycles. The van der Waals surface area contributed by atoms with Crippen LogP contribution in [0.3, 0.4) is 0 Å². The molecule has 2 heterocycles. The summed E-state index contributed by atoms with van der Waals surface area (Å²) in [5.41, 5.74) is 2.79. The molecule has 2 aliphatic heterocycles. The Morgan fingerprint density at radius 3 is 2.90 bits per heavy atom. The Kier molecular flexibility index (Phi) is 6.43. The molecule has 6 nitrogen and oxygen atoms in total. The normalized spacial score (nSPS) is 30.9.